The van der Waals surface area contributed by atoms with Gasteiger partial charge in [-0.2, -0.15) is 0 Å². The summed E-state index contributed by atoms with van der Waals surface area (Å²) in [6, 6.07) is 14.2. The molecule has 5 heteroatoms. The van der Waals surface area contributed by atoms with Crippen molar-refractivity contribution in [3.8, 4) is 0 Å². The number of nitrogens with zero attached hydrogens (tertiary/aromatic N) is 3. The minimum atomic E-state index is -0.0430. The molecule has 0 bridgehead atoms. The van der Waals surface area contributed by atoms with Gasteiger partial charge in [0.2, 0.25) is 5.95 Å². The number of nitrogens with one attached hydrogen (secondary N) is 1. The topological polar surface area (TPSA) is 58.0 Å². The molecule has 1 aromatic carbocycles. The van der Waals surface area contributed by atoms with Gasteiger partial charge in [0.05, 0.1) is 12.0 Å². The van der Waals surface area contributed by atoms with Gasteiger partial charge in [0, 0.05) is 29.8 Å². The molecule has 1 aliphatic heterocycles. The van der Waals surface area contributed by atoms with Crippen LogP contribution in [0.25, 0.3) is 10.9 Å². The van der Waals surface area contributed by atoms with Crippen LogP contribution in [0.2, 0.25) is 0 Å². The molecule has 5 nitrogen and oxygen atoms in total. The maximum absolute atomic E-state index is 5.76. The SMILES string of the molecule is c1cnc(N2CCc3c([nH]c4ccccc34)C2c2ccco2)nc1. The summed E-state index contributed by atoms with van der Waals surface area (Å²) < 4.78 is 5.76. The summed E-state index contributed by atoms with van der Waals surface area (Å²) in [4.78, 5) is 14.7. The molecule has 1 N–H and O–H groups in total. The summed E-state index contributed by atoms with van der Waals surface area (Å²) >= 11 is 0. The standard InChI is InChI=1S/C19H16N4O/c1-2-6-15-13(5-1)14-8-11-23(19-20-9-4-10-21-19)18(17(14)22-15)16-7-3-12-24-16/h1-7,9-10,12,18,22H,8,11H2. The number of fused-ring (bicyclic) bond motifs is 3. The van der Waals surface area contributed by atoms with Crippen molar-refractivity contribution >= 4 is 16.9 Å². The van der Waals surface area contributed by atoms with Crippen molar-refractivity contribution in [3.05, 3.63) is 78.1 Å². The van der Waals surface area contributed by atoms with Crippen molar-refractivity contribution in [1.82, 2.24) is 15.0 Å². The van der Waals surface area contributed by atoms with Crippen molar-refractivity contribution < 1.29 is 4.42 Å². The Hall–Kier alpha value is -3.08. The Bertz CT molecular complexity index is 975. The van der Waals surface area contributed by atoms with Crippen LogP contribution < -0.4 is 4.90 Å². The van der Waals surface area contributed by atoms with Crippen LogP contribution in [0.15, 0.2) is 65.5 Å². The Morgan fingerprint density at radius 1 is 1.04 bits per heavy atom. The number of rotatable bonds is 2. The molecular weight excluding hydrogens is 300 g/mol. The highest BCUT2D eigenvalue weighted by molar-refractivity contribution is 5.85. The van der Waals surface area contributed by atoms with E-state index in [1.807, 2.05) is 18.2 Å². The minimum absolute atomic E-state index is 0.0430. The number of anilines is 1. The highest BCUT2D eigenvalue weighted by Crippen LogP contribution is 2.39. The first kappa shape index (κ1) is 13.4. The normalized spacial score (nSPS) is 17.2. The molecule has 4 heterocycles. The largest absolute Gasteiger partial charge is 0.467 e. The van der Waals surface area contributed by atoms with Crippen molar-refractivity contribution in [2.75, 3.05) is 11.4 Å². The molecule has 3 aromatic heterocycles. The highest BCUT2D eigenvalue weighted by Gasteiger charge is 2.34. The van der Waals surface area contributed by atoms with Gasteiger partial charge in [-0.3, -0.25) is 0 Å². The van der Waals surface area contributed by atoms with Crippen LogP contribution in [0.3, 0.4) is 0 Å². The molecule has 0 aliphatic carbocycles. The first-order valence-electron chi connectivity index (χ1n) is 8.08. The molecule has 0 fully saturated rings. The van der Waals surface area contributed by atoms with Crippen molar-refractivity contribution in [2.45, 2.75) is 12.5 Å². The Kier molecular flexibility index (Phi) is 2.91. The van der Waals surface area contributed by atoms with Gasteiger partial charge in [0.1, 0.15) is 11.8 Å². The maximum Gasteiger partial charge on any atom is 0.226 e. The zero-order chi connectivity index (χ0) is 15.9. The number of H-pyrrole nitrogens is 1. The zero-order valence-electron chi connectivity index (χ0n) is 13.0. The number of furan rings is 1. The second-order valence-corrected chi connectivity index (χ2v) is 5.97. The predicted molar refractivity (Wildman–Crippen MR) is 91.9 cm³/mol. The third-order valence-electron chi connectivity index (χ3n) is 4.66. The number of aromatic amines is 1. The summed E-state index contributed by atoms with van der Waals surface area (Å²) in [5.41, 5.74) is 3.69. The molecule has 24 heavy (non-hydrogen) atoms. The van der Waals surface area contributed by atoms with E-state index in [2.05, 4.69) is 44.1 Å². The van der Waals surface area contributed by atoms with Crippen molar-refractivity contribution in [1.29, 1.82) is 0 Å². The molecule has 1 aliphatic rings. The van der Waals surface area contributed by atoms with Crippen molar-refractivity contribution in [2.24, 2.45) is 0 Å². The predicted octanol–water partition coefficient (Wildman–Crippen LogP) is 3.70. The van der Waals surface area contributed by atoms with Crippen LogP contribution in [0.4, 0.5) is 5.95 Å². The first-order valence-corrected chi connectivity index (χ1v) is 8.08. The van der Waals surface area contributed by atoms with Crippen LogP contribution in [-0.4, -0.2) is 21.5 Å². The molecule has 4 aromatic rings. The van der Waals surface area contributed by atoms with E-state index in [4.69, 9.17) is 4.42 Å². The van der Waals surface area contributed by atoms with E-state index in [9.17, 15) is 0 Å². The average Bonchev–Trinajstić information content (AvgIpc) is 3.29. The quantitative estimate of drug-likeness (QED) is 0.612. The van der Waals surface area contributed by atoms with E-state index in [-0.39, 0.29) is 6.04 Å². The lowest BCUT2D eigenvalue weighted by molar-refractivity contribution is 0.459. The average molecular weight is 316 g/mol. The lowest BCUT2D eigenvalue weighted by Gasteiger charge is -2.34. The van der Waals surface area contributed by atoms with Gasteiger partial charge in [-0.25, -0.2) is 9.97 Å². The molecule has 1 unspecified atom stereocenters. The first-order chi connectivity index (χ1) is 11.9. The molecule has 0 radical (unpaired) electrons. The van der Waals surface area contributed by atoms with Gasteiger partial charge in [0.25, 0.3) is 0 Å². The molecule has 0 amide bonds. The smallest absolute Gasteiger partial charge is 0.226 e. The molecule has 0 spiro atoms. The number of benzene rings is 1. The van der Waals surface area contributed by atoms with E-state index in [1.165, 1.54) is 16.6 Å². The van der Waals surface area contributed by atoms with Gasteiger partial charge in [-0.1, -0.05) is 18.2 Å². The van der Waals surface area contributed by atoms with Crippen LogP contribution in [0.5, 0.6) is 0 Å². The summed E-state index contributed by atoms with van der Waals surface area (Å²) in [7, 11) is 0. The second kappa shape index (κ2) is 5.23. The minimum Gasteiger partial charge on any atom is -0.467 e. The molecule has 5 rings (SSSR count). The lowest BCUT2D eigenvalue weighted by atomic mass is 9.96. The fraction of sp³-hybridized carbons (Fsp3) is 0.158. The van der Waals surface area contributed by atoms with Crippen LogP contribution in [0, 0.1) is 0 Å². The summed E-state index contributed by atoms with van der Waals surface area (Å²) in [5.74, 6) is 1.62. The van der Waals surface area contributed by atoms with E-state index >= 15 is 0 Å². The molecule has 0 saturated heterocycles. The Morgan fingerprint density at radius 2 is 1.92 bits per heavy atom. The third-order valence-corrected chi connectivity index (χ3v) is 4.66. The molecule has 0 saturated carbocycles. The van der Waals surface area contributed by atoms with E-state index in [1.54, 1.807) is 18.7 Å². The van der Waals surface area contributed by atoms with Gasteiger partial charge in [0.15, 0.2) is 0 Å². The number of hydrogen-bond donors (Lipinski definition) is 1. The molecule has 118 valence electrons. The fourth-order valence-electron chi connectivity index (χ4n) is 3.64. The van der Waals surface area contributed by atoms with Gasteiger partial charge in [-0.15, -0.1) is 0 Å². The van der Waals surface area contributed by atoms with Gasteiger partial charge < -0.3 is 14.3 Å². The van der Waals surface area contributed by atoms with Gasteiger partial charge >= 0.3 is 0 Å². The monoisotopic (exact) mass is 316 g/mol. The second-order valence-electron chi connectivity index (χ2n) is 5.97. The number of para-hydroxylation sites is 1. The van der Waals surface area contributed by atoms with E-state index < -0.39 is 0 Å². The highest BCUT2D eigenvalue weighted by atomic mass is 16.3. The fourth-order valence-corrected chi connectivity index (χ4v) is 3.64. The lowest BCUT2D eigenvalue weighted by Crippen LogP contribution is -2.37. The van der Waals surface area contributed by atoms with Crippen LogP contribution in [0.1, 0.15) is 23.1 Å². The number of hydrogen-bond acceptors (Lipinski definition) is 4. The molecular formula is C19H16N4O. The Labute approximate surface area is 139 Å². The summed E-state index contributed by atoms with van der Waals surface area (Å²) in [5, 5.41) is 1.29. The van der Waals surface area contributed by atoms with Crippen LogP contribution >= 0.6 is 0 Å². The zero-order valence-corrected chi connectivity index (χ0v) is 13.0. The number of aromatic nitrogens is 3. The molecule has 1 atom stereocenters. The maximum atomic E-state index is 5.76. The van der Waals surface area contributed by atoms with Crippen LogP contribution in [-0.2, 0) is 6.42 Å². The van der Waals surface area contributed by atoms with E-state index in [0.717, 1.165) is 30.2 Å². The van der Waals surface area contributed by atoms with Crippen molar-refractivity contribution in [3.63, 3.8) is 0 Å². The van der Waals surface area contributed by atoms with Gasteiger partial charge in [-0.05, 0) is 36.2 Å². The third kappa shape index (κ3) is 1.94. The summed E-state index contributed by atoms with van der Waals surface area (Å²) in [6.07, 6.45) is 6.23. The Balaban J connectivity index is 1.72. The van der Waals surface area contributed by atoms with E-state index in [0.29, 0.717) is 0 Å². The summed E-state index contributed by atoms with van der Waals surface area (Å²) in [6.45, 7) is 0.851. The Morgan fingerprint density at radius 3 is 2.75 bits per heavy atom.